The Labute approximate surface area is 126 Å². The third-order valence-corrected chi connectivity index (χ3v) is 2.75. The van der Waals surface area contributed by atoms with Gasteiger partial charge in [0.1, 0.15) is 17.0 Å². The molecule has 0 N–H and O–H groups in total. The molecule has 0 saturated carbocycles. The van der Waals surface area contributed by atoms with Crippen LogP contribution in [0.2, 0.25) is 5.02 Å². The lowest BCUT2D eigenvalue weighted by molar-refractivity contribution is -0.138. The van der Waals surface area contributed by atoms with Gasteiger partial charge in [-0.25, -0.2) is 14.2 Å². The van der Waals surface area contributed by atoms with Crippen molar-refractivity contribution in [2.45, 2.75) is 6.18 Å². The molecule has 0 bridgehead atoms. The molecule has 9 heteroatoms. The Morgan fingerprint density at radius 1 is 1.32 bits per heavy atom. The Morgan fingerprint density at radius 3 is 2.68 bits per heavy atom. The lowest BCUT2D eigenvalue weighted by Gasteiger charge is -2.13. The molecule has 1 heterocycles. The van der Waals surface area contributed by atoms with E-state index in [4.69, 9.17) is 16.3 Å². The van der Waals surface area contributed by atoms with Crippen LogP contribution >= 0.6 is 11.6 Å². The predicted octanol–water partition coefficient (Wildman–Crippen LogP) is 4.65. The van der Waals surface area contributed by atoms with Gasteiger partial charge in [-0.05, 0) is 18.2 Å². The average Bonchev–Trinajstić information content (AvgIpc) is 2.43. The number of aromatic nitrogens is 1. The van der Waals surface area contributed by atoms with E-state index in [9.17, 15) is 22.4 Å². The molecule has 1 aromatic carbocycles. The fourth-order valence-corrected chi connectivity index (χ4v) is 1.71. The maximum absolute atomic E-state index is 13.4. The van der Waals surface area contributed by atoms with Crippen molar-refractivity contribution in [1.82, 2.24) is 4.98 Å². The minimum Gasteiger partial charge on any atom is -0.437 e. The largest absolute Gasteiger partial charge is 0.437 e. The second kappa shape index (κ2) is 6.13. The molecule has 22 heavy (non-hydrogen) atoms. The third-order valence-electron chi connectivity index (χ3n) is 2.45. The van der Waals surface area contributed by atoms with Crippen LogP contribution in [0.25, 0.3) is 0 Å². The van der Waals surface area contributed by atoms with Crippen molar-refractivity contribution in [3.8, 4) is 11.6 Å². The van der Waals surface area contributed by atoms with Crippen LogP contribution in [0.3, 0.4) is 0 Å². The molecule has 0 fully saturated rings. The summed E-state index contributed by atoms with van der Waals surface area (Å²) in [4.78, 5) is 16.7. The van der Waals surface area contributed by atoms with Gasteiger partial charge < -0.3 is 4.74 Å². The minimum atomic E-state index is -4.69. The van der Waals surface area contributed by atoms with Gasteiger partial charge in [-0.1, -0.05) is 11.6 Å². The Kier molecular flexibility index (Phi) is 4.44. The van der Waals surface area contributed by atoms with E-state index in [-0.39, 0.29) is 10.8 Å². The van der Waals surface area contributed by atoms with E-state index in [1.807, 2.05) is 0 Å². The third kappa shape index (κ3) is 3.41. The van der Waals surface area contributed by atoms with Gasteiger partial charge >= 0.3 is 6.18 Å². The quantitative estimate of drug-likeness (QED) is 0.467. The minimum absolute atomic E-state index is 0.305. The fraction of sp³-hybridized carbons (Fsp3) is 0.0769. The lowest BCUT2D eigenvalue weighted by atomic mass is 10.2. The monoisotopic (exact) mass is 332 g/mol. The lowest BCUT2D eigenvalue weighted by Crippen LogP contribution is -2.08. The first-order chi connectivity index (χ1) is 10.3. The SMILES string of the molecule is O=C=Nc1cc(Oc2ncccc2C(F)(F)F)c(Cl)cc1F. The molecule has 4 nitrogen and oxygen atoms in total. The van der Waals surface area contributed by atoms with Gasteiger partial charge in [0.25, 0.3) is 0 Å². The Balaban J connectivity index is 2.48. The summed E-state index contributed by atoms with van der Waals surface area (Å²) in [6.45, 7) is 0. The summed E-state index contributed by atoms with van der Waals surface area (Å²) >= 11 is 5.70. The van der Waals surface area contributed by atoms with Crippen LogP contribution in [0.15, 0.2) is 35.5 Å². The molecular formula is C13H5ClF4N2O2. The highest BCUT2D eigenvalue weighted by atomic mass is 35.5. The van der Waals surface area contributed by atoms with Gasteiger partial charge in [0, 0.05) is 12.3 Å². The van der Waals surface area contributed by atoms with Crippen molar-refractivity contribution in [2.75, 3.05) is 0 Å². The fourth-order valence-electron chi connectivity index (χ4n) is 1.52. The normalized spacial score (nSPS) is 11.0. The van der Waals surface area contributed by atoms with Crippen molar-refractivity contribution < 1.29 is 27.1 Å². The van der Waals surface area contributed by atoms with Gasteiger partial charge in [-0.15, -0.1) is 0 Å². The molecule has 0 amide bonds. The maximum Gasteiger partial charge on any atom is 0.421 e. The smallest absolute Gasteiger partial charge is 0.421 e. The van der Waals surface area contributed by atoms with Crippen molar-refractivity contribution in [2.24, 2.45) is 4.99 Å². The van der Waals surface area contributed by atoms with Crippen LogP contribution in [0.5, 0.6) is 11.6 Å². The number of aliphatic imine (C=N–C) groups is 1. The summed E-state index contributed by atoms with van der Waals surface area (Å²) in [5, 5.41) is -0.305. The van der Waals surface area contributed by atoms with E-state index >= 15 is 0 Å². The number of carbonyl (C=O) groups excluding carboxylic acids is 1. The number of pyridine rings is 1. The molecule has 0 aliphatic carbocycles. The van der Waals surface area contributed by atoms with E-state index < -0.39 is 29.1 Å². The van der Waals surface area contributed by atoms with Gasteiger partial charge in [0.2, 0.25) is 12.0 Å². The highest BCUT2D eigenvalue weighted by molar-refractivity contribution is 6.32. The summed E-state index contributed by atoms with van der Waals surface area (Å²) in [6, 6.07) is 3.48. The topological polar surface area (TPSA) is 51.5 Å². The highest BCUT2D eigenvalue weighted by Crippen LogP contribution is 2.39. The number of isocyanates is 1. The number of benzene rings is 1. The summed E-state index contributed by atoms with van der Waals surface area (Å²) in [6.07, 6.45) is -2.49. The molecule has 0 atom stereocenters. The van der Waals surface area contributed by atoms with Crippen LogP contribution in [-0.4, -0.2) is 11.1 Å². The first-order valence-corrected chi connectivity index (χ1v) is 5.97. The molecule has 114 valence electrons. The van der Waals surface area contributed by atoms with E-state index in [0.717, 1.165) is 36.5 Å². The number of ether oxygens (including phenoxy) is 1. The summed E-state index contributed by atoms with van der Waals surface area (Å²) in [5.74, 6) is -2.04. The standard InChI is InChI=1S/C13H5ClF4N2O2/c14-8-4-9(15)10(20-6-21)5-11(8)22-12-7(13(16,17)18)2-1-3-19-12/h1-5H. The molecule has 0 radical (unpaired) electrons. The van der Waals surface area contributed by atoms with E-state index in [0.29, 0.717) is 0 Å². The predicted molar refractivity (Wildman–Crippen MR) is 68.5 cm³/mol. The van der Waals surface area contributed by atoms with Crippen LogP contribution in [0.4, 0.5) is 23.2 Å². The first kappa shape index (κ1) is 15.9. The van der Waals surface area contributed by atoms with Crippen LogP contribution in [0, 0.1) is 5.82 Å². The number of alkyl halides is 3. The molecule has 0 spiro atoms. The molecule has 1 aromatic heterocycles. The van der Waals surface area contributed by atoms with Gasteiger partial charge in [0.15, 0.2) is 5.82 Å². The average molecular weight is 333 g/mol. The maximum atomic E-state index is 13.4. The second-order valence-corrected chi connectivity index (χ2v) is 4.30. The zero-order valence-electron chi connectivity index (χ0n) is 10.5. The van der Waals surface area contributed by atoms with E-state index in [2.05, 4.69) is 9.98 Å². The molecule has 2 rings (SSSR count). The molecule has 0 unspecified atom stereocenters. The van der Waals surface area contributed by atoms with Crippen molar-refractivity contribution >= 4 is 23.4 Å². The van der Waals surface area contributed by atoms with Crippen LogP contribution < -0.4 is 4.74 Å². The van der Waals surface area contributed by atoms with Gasteiger partial charge in [-0.3, -0.25) is 0 Å². The Hall–Kier alpha value is -2.44. The molecule has 0 aliphatic heterocycles. The summed E-state index contributed by atoms with van der Waals surface area (Å²) in [7, 11) is 0. The zero-order chi connectivity index (χ0) is 16.3. The number of rotatable bonds is 3. The van der Waals surface area contributed by atoms with Crippen molar-refractivity contribution in [3.05, 3.63) is 46.9 Å². The highest BCUT2D eigenvalue weighted by Gasteiger charge is 2.35. The summed E-state index contributed by atoms with van der Waals surface area (Å²) < 4.78 is 56.9. The molecular weight excluding hydrogens is 328 g/mol. The van der Waals surface area contributed by atoms with Crippen LogP contribution in [-0.2, 0) is 11.0 Å². The summed E-state index contributed by atoms with van der Waals surface area (Å²) in [5.41, 5.74) is -1.60. The number of hydrogen-bond acceptors (Lipinski definition) is 4. The van der Waals surface area contributed by atoms with E-state index in [1.54, 1.807) is 0 Å². The molecule has 2 aromatic rings. The Bertz CT molecular complexity index is 758. The first-order valence-electron chi connectivity index (χ1n) is 5.60. The zero-order valence-corrected chi connectivity index (χ0v) is 11.2. The number of nitrogens with zero attached hydrogens (tertiary/aromatic N) is 2. The van der Waals surface area contributed by atoms with Crippen molar-refractivity contribution in [3.63, 3.8) is 0 Å². The molecule has 0 saturated heterocycles. The van der Waals surface area contributed by atoms with Gasteiger partial charge in [0.05, 0.1) is 5.02 Å². The number of halogens is 5. The second-order valence-electron chi connectivity index (χ2n) is 3.89. The van der Waals surface area contributed by atoms with Crippen molar-refractivity contribution in [1.29, 1.82) is 0 Å². The number of hydrogen-bond donors (Lipinski definition) is 0. The van der Waals surface area contributed by atoms with E-state index in [1.165, 1.54) is 0 Å². The molecule has 0 aliphatic rings. The Morgan fingerprint density at radius 2 is 2.05 bits per heavy atom. The van der Waals surface area contributed by atoms with Crippen LogP contribution in [0.1, 0.15) is 5.56 Å². The van der Waals surface area contributed by atoms with Gasteiger partial charge in [-0.2, -0.15) is 18.2 Å².